The largest absolute Gasteiger partial charge is 0.533 e. The van der Waals surface area contributed by atoms with Crippen molar-refractivity contribution in [3.8, 4) is 0 Å². The summed E-state index contributed by atoms with van der Waals surface area (Å²) in [5.74, 6) is 0. The smallest absolute Gasteiger partial charge is 0.457 e. The van der Waals surface area contributed by atoms with Gasteiger partial charge in [-0.2, -0.15) is 13.2 Å². The molecule has 0 saturated carbocycles. The maximum absolute atomic E-state index is 12.4. The predicted molar refractivity (Wildman–Crippen MR) is 80.1 cm³/mol. The molecule has 1 aromatic rings. The topological polar surface area (TPSA) is 94.2 Å². The number of benzene rings is 1. The number of rotatable bonds is 1. The van der Waals surface area contributed by atoms with Crippen molar-refractivity contribution in [2.24, 2.45) is 0 Å². The Kier molecular flexibility index (Phi) is 9.13. The molecule has 140 valence electrons. The number of carbonyl (C=O) groups is 3. The van der Waals surface area contributed by atoms with Crippen molar-refractivity contribution in [2.45, 2.75) is 6.18 Å². The lowest BCUT2D eigenvalue weighted by Crippen LogP contribution is -2.39. The lowest BCUT2D eigenvalue weighted by Gasteiger charge is -2.20. The zero-order valence-corrected chi connectivity index (χ0v) is 14.0. The monoisotopic (exact) mass is 386 g/mol. The van der Waals surface area contributed by atoms with E-state index in [0.717, 1.165) is 31.4 Å². The molecule has 8 nitrogen and oxygen atoms in total. The minimum atomic E-state index is -4.50. The zero-order valence-electron chi connectivity index (χ0n) is 13.2. The van der Waals surface area contributed by atoms with E-state index in [2.05, 4.69) is 31.2 Å². The molecule has 0 unspecified atom stereocenters. The summed E-state index contributed by atoms with van der Waals surface area (Å²) in [5, 5.41) is 2.65. The van der Waals surface area contributed by atoms with Gasteiger partial charge in [0.15, 0.2) is 0 Å². The van der Waals surface area contributed by atoms with Crippen LogP contribution in [0, 0.1) is 0 Å². The van der Waals surface area contributed by atoms with Gasteiger partial charge >= 0.3 is 23.8 Å². The molecule has 0 aliphatic rings. The number of carbonyl (C=O) groups excluding carboxylic acids is 3. The first-order chi connectivity index (χ1) is 11.6. The molecule has 1 rings (SSSR count). The van der Waals surface area contributed by atoms with Crippen molar-refractivity contribution in [3.05, 3.63) is 29.8 Å². The molecule has 0 spiro atoms. The standard InChI is InChI=1S/C11H11F3N2O4.C2H3ClO2/c1-15-9(17)16(20-10(18)19-2)8-5-3-7(4-6-8)11(12,13)14;1-5-2(3)4/h3-6H,1-2H3,(H,15,17);1H3. The number of methoxy groups -OCH3 is 2. The second-order valence-corrected chi connectivity index (χ2v) is 4.19. The van der Waals surface area contributed by atoms with E-state index in [9.17, 15) is 27.6 Å². The summed E-state index contributed by atoms with van der Waals surface area (Å²) in [4.78, 5) is 36.4. The van der Waals surface area contributed by atoms with Crippen LogP contribution in [0.3, 0.4) is 0 Å². The number of halogens is 4. The molecule has 0 heterocycles. The fourth-order valence-electron chi connectivity index (χ4n) is 1.21. The van der Waals surface area contributed by atoms with E-state index in [0.29, 0.717) is 5.06 Å². The van der Waals surface area contributed by atoms with Gasteiger partial charge < -0.3 is 14.8 Å². The summed E-state index contributed by atoms with van der Waals surface area (Å²) >= 11 is 4.60. The summed E-state index contributed by atoms with van der Waals surface area (Å²) in [7, 11) is 3.51. The Hall–Kier alpha value is -2.69. The molecule has 0 aliphatic heterocycles. The molecule has 0 bridgehead atoms. The second-order valence-electron chi connectivity index (χ2n) is 3.88. The molecule has 0 aliphatic carbocycles. The van der Waals surface area contributed by atoms with Crippen LogP contribution in [0.2, 0.25) is 0 Å². The number of anilines is 1. The van der Waals surface area contributed by atoms with Crippen molar-refractivity contribution >= 4 is 34.9 Å². The van der Waals surface area contributed by atoms with E-state index >= 15 is 0 Å². The van der Waals surface area contributed by atoms with Gasteiger partial charge in [0.1, 0.15) is 0 Å². The van der Waals surface area contributed by atoms with Gasteiger partial charge in [0.2, 0.25) is 0 Å². The van der Waals surface area contributed by atoms with Gasteiger partial charge in [0.25, 0.3) is 0 Å². The number of amides is 2. The van der Waals surface area contributed by atoms with Gasteiger partial charge in [-0.1, -0.05) is 0 Å². The third kappa shape index (κ3) is 8.11. The average molecular weight is 387 g/mol. The molecule has 1 aromatic carbocycles. The fourth-order valence-corrected chi connectivity index (χ4v) is 1.21. The van der Waals surface area contributed by atoms with Crippen LogP contribution in [0.4, 0.5) is 33.2 Å². The third-order valence-corrected chi connectivity index (χ3v) is 2.47. The Labute approximate surface area is 145 Å². The number of nitrogens with zero attached hydrogens (tertiary/aromatic N) is 1. The van der Waals surface area contributed by atoms with Crippen molar-refractivity contribution < 1.29 is 41.9 Å². The maximum atomic E-state index is 12.4. The predicted octanol–water partition coefficient (Wildman–Crippen LogP) is 3.54. The van der Waals surface area contributed by atoms with E-state index in [1.54, 1.807) is 0 Å². The van der Waals surface area contributed by atoms with Crippen molar-refractivity contribution in [1.82, 2.24) is 5.32 Å². The highest BCUT2D eigenvalue weighted by Crippen LogP contribution is 2.30. The van der Waals surface area contributed by atoms with Gasteiger partial charge in [-0.3, -0.25) is 4.84 Å². The summed E-state index contributed by atoms with van der Waals surface area (Å²) in [5.41, 5.74) is -1.73. The van der Waals surface area contributed by atoms with Crippen LogP contribution in [0.25, 0.3) is 0 Å². The van der Waals surface area contributed by atoms with Gasteiger partial charge in [0, 0.05) is 18.6 Å². The Balaban J connectivity index is 0.00000101. The number of nitrogens with one attached hydrogen (secondary N) is 1. The first-order valence-corrected chi connectivity index (χ1v) is 6.63. The van der Waals surface area contributed by atoms with E-state index in [4.69, 9.17) is 0 Å². The second kappa shape index (κ2) is 10.2. The number of hydrogen-bond acceptors (Lipinski definition) is 6. The van der Waals surface area contributed by atoms with Crippen LogP contribution in [0.5, 0.6) is 0 Å². The molecular formula is C13H14ClF3N2O6. The highest BCUT2D eigenvalue weighted by Gasteiger charge is 2.30. The maximum Gasteiger partial charge on any atom is 0.533 e. The highest BCUT2D eigenvalue weighted by atomic mass is 35.5. The highest BCUT2D eigenvalue weighted by molar-refractivity contribution is 6.61. The minimum Gasteiger partial charge on any atom is -0.457 e. The van der Waals surface area contributed by atoms with Crippen LogP contribution < -0.4 is 10.4 Å². The van der Waals surface area contributed by atoms with Crippen molar-refractivity contribution in [2.75, 3.05) is 26.3 Å². The van der Waals surface area contributed by atoms with Crippen LogP contribution in [-0.4, -0.2) is 38.9 Å². The minimum absolute atomic E-state index is 0.0669. The molecule has 2 amide bonds. The van der Waals surface area contributed by atoms with E-state index < -0.39 is 29.4 Å². The van der Waals surface area contributed by atoms with Crippen LogP contribution in [-0.2, 0) is 20.5 Å². The first-order valence-electron chi connectivity index (χ1n) is 6.25. The summed E-state index contributed by atoms with van der Waals surface area (Å²) < 4.78 is 45.3. The number of alkyl halides is 3. The summed E-state index contributed by atoms with van der Waals surface area (Å²) in [6.07, 6.45) is -5.69. The normalized spacial score (nSPS) is 9.88. The quantitative estimate of drug-likeness (QED) is 0.450. The lowest BCUT2D eigenvalue weighted by atomic mass is 10.2. The zero-order chi connectivity index (χ0) is 19.6. The third-order valence-electron chi connectivity index (χ3n) is 2.32. The van der Waals surface area contributed by atoms with E-state index in [1.807, 2.05) is 0 Å². The molecule has 1 N–H and O–H groups in total. The van der Waals surface area contributed by atoms with E-state index in [1.165, 1.54) is 14.2 Å². The molecule has 0 atom stereocenters. The van der Waals surface area contributed by atoms with Gasteiger partial charge in [0.05, 0.1) is 25.5 Å². The molecular weight excluding hydrogens is 373 g/mol. The first kappa shape index (κ1) is 22.3. The van der Waals surface area contributed by atoms with Crippen LogP contribution >= 0.6 is 11.6 Å². The van der Waals surface area contributed by atoms with Crippen LogP contribution in [0.15, 0.2) is 24.3 Å². The molecule has 0 saturated heterocycles. The van der Waals surface area contributed by atoms with Crippen molar-refractivity contribution in [3.63, 3.8) is 0 Å². The molecule has 0 aromatic heterocycles. The average Bonchev–Trinajstić information content (AvgIpc) is 2.58. The Morgan fingerprint density at radius 3 is 1.88 bits per heavy atom. The van der Waals surface area contributed by atoms with Gasteiger partial charge in [-0.25, -0.2) is 14.4 Å². The van der Waals surface area contributed by atoms with Gasteiger partial charge in [-0.05, 0) is 24.3 Å². The lowest BCUT2D eigenvalue weighted by molar-refractivity contribution is -0.137. The number of ether oxygens (including phenoxy) is 2. The number of urea groups is 1. The van der Waals surface area contributed by atoms with Crippen LogP contribution in [0.1, 0.15) is 5.56 Å². The number of hydrogen-bond donors (Lipinski definition) is 1. The Morgan fingerprint density at radius 1 is 1.08 bits per heavy atom. The SMILES string of the molecule is CNC(=O)N(OC(=O)OC)c1ccc(C(F)(F)F)cc1.COC(=O)Cl. The fraction of sp³-hybridized carbons (Fsp3) is 0.308. The Bertz CT molecular complexity index is 594. The van der Waals surface area contributed by atoms with Crippen molar-refractivity contribution in [1.29, 1.82) is 0 Å². The Morgan fingerprint density at radius 2 is 1.56 bits per heavy atom. The molecule has 12 heteroatoms. The summed E-state index contributed by atoms with van der Waals surface area (Å²) in [6, 6.07) is 2.63. The van der Waals surface area contributed by atoms with E-state index in [-0.39, 0.29) is 5.69 Å². The molecule has 25 heavy (non-hydrogen) atoms. The van der Waals surface area contributed by atoms with Gasteiger partial charge in [-0.15, -0.1) is 5.06 Å². The number of hydroxylamine groups is 1. The summed E-state index contributed by atoms with van der Waals surface area (Å²) in [6.45, 7) is 0. The molecule has 0 fully saturated rings. The molecule has 0 radical (unpaired) electrons.